The number of esters is 1. The predicted octanol–water partition coefficient (Wildman–Crippen LogP) is 2.64. The van der Waals surface area contributed by atoms with E-state index in [0.717, 1.165) is 31.2 Å². The Bertz CT molecular complexity index is 892. The lowest BCUT2D eigenvalue weighted by Crippen LogP contribution is -2.58. The minimum atomic E-state index is -0.749. The van der Waals surface area contributed by atoms with Crippen LogP contribution in [0.25, 0.3) is 0 Å². The molecule has 1 saturated carbocycles. The van der Waals surface area contributed by atoms with Crippen LogP contribution >= 0.6 is 23.2 Å². The zero-order valence-electron chi connectivity index (χ0n) is 20.3. The molecule has 1 aromatic carbocycles. The van der Waals surface area contributed by atoms with E-state index >= 15 is 0 Å². The Balaban J connectivity index is 1.66. The van der Waals surface area contributed by atoms with Gasteiger partial charge in [0.15, 0.2) is 0 Å². The van der Waals surface area contributed by atoms with Gasteiger partial charge >= 0.3 is 5.97 Å². The van der Waals surface area contributed by atoms with Crippen molar-refractivity contribution in [3.8, 4) is 0 Å². The molecule has 2 fully saturated rings. The third-order valence-electron chi connectivity index (χ3n) is 6.86. The van der Waals surface area contributed by atoms with Crippen molar-refractivity contribution >= 4 is 41.0 Å². The Morgan fingerprint density at radius 1 is 1.14 bits per heavy atom. The Labute approximate surface area is 217 Å². The highest BCUT2D eigenvalue weighted by molar-refractivity contribution is 6.35. The molecular weight excluding hydrogens is 491 g/mol. The van der Waals surface area contributed by atoms with Gasteiger partial charge in [0.05, 0.1) is 12.5 Å². The number of ether oxygens (including phenoxy) is 1. The van der Waals surface area contributed by atoms with Crippen molar-refractivity contribution in [1.82, 2.24) is 15.1 Å². The first-order valence-electron chi connectivity index (χ1n) is 12.5. The molecule has 3 rings (SSSR count). The molecule has 0 spiro atoms. The molecule has 8 nitrogen and oxygen atoms in total. The summed E-state index contributed by atoms with van der Waals surface area (Å²) >= 11 is 12.4. The average molecular weight is 527 g/mol. The number of piperazine rings is 1. The molecule has 35 heavy (non-hydrogen) atoms. The van der Waals surface area contributed by atoms with Gasteiger partial charge in [-0.25, -0.2) is 0 Å². The first-order chi connectivity index (χ1) is 16.8. The van der Waals surface area contributed by atoms with Gasteiger partial charge in [-0.15, -0.1) is 0 Å². The molecule has 3 atom stereocenters. The second kappa shape index (κ2) is 13.4. The van der Waals surface area contributed by atoms with Crippen LogP contribution in [-0.2, 0) is 25.5 Å². The molecule has 1 aliphatic carbocycles. The zero-order valence-corrected chi connectivity index (χ0v) is 21.8. The van der Waals surface area contributed by atoms with Crippen molar-refractivity contribution in [2.45, 2.75) is 57.5 Å². The molecule has 2 amide bonds. The van der Waals surface area contributed by atoms with E-state index < -0.39 is 6.04 Å². The van der Waals surface area contributed by atoms with E-state index in [1.165, 1.54) is 0 Å². The topological polar surface area (TPSA) is 105 Å². The van der Waals surface area contributed by atoms with Crippen LogP contribution in [0.15, 0.2) is 18.2 Å². The van der Waals surface area contributed by atoms with Gasteiger partial charge in [-0.05, 0) is 37.5 Å². The summed E-state index contributed by atoms with van der Waals surface area (Å²) in [6.45, 7) is 4.84. The van der Waals surface area contributed by atoms with Crippen molar-refractivity contribution in [3.05, 3.63) is 33.8 Å². The molecule has 10 heteroatoms. The van der Waals surface area contributed by atoms with Crippen molar-refractivity contribution in [3.63, 3.8) is 0 Å². The Kier molecular flexibility index (Phi) is 10.6. The molecule has 3 N–H and O–H groups in total. The Hall–Kier alpha value is -1.87. The first kappa shape index (κ1) is 27.7. The van der Waals surface area contributed by atoms with Crippen molar-refractivity contribution < 1.29 is 19.1 Å². The van der Waals surface area contributed by atoms with E-state index in [-0.39, 0.29) is 49.1 Å². The minimum absolute atomic E-state index is 0.110. The second-order valence-corrected chi connectivity index (χ2v) is 10.0. The van der Waals surface area contributed by atoms with Crippen molar-refractivity contribution in [2.75, 3.05) is 39.3 Å². The van der Waals surface area contributed by atoms with Crippen molar-refractivity contribution in [1.29, 1.82) is 0 Å². The molecule has 2 aliphatic rings. The fourth-order valence-electron chi connectivity index (χ4n) is 5.07. The maximum Gasteiger partial charge on any atom is 0.310 e. The van der Waals surface area contributed by atoms with E-state index in [2.05, 4.69) is 10.2 Å². The molecule has 1 aromatic rings. The molecule has 194 valence electrons. The summed E-state index contributed by atoms with van der Waals surface area (Å²) in [7, 11) is 0. The quantitative estimate of drug-likeness (QED) is 0.479. The molecule has 0 aromatic heterocycles. The summed E-state index contributed by atoms with van der Waals surface area (Å²) < 4.78 is 5.33. The maximum absolute atomic E-state index is 13.5. The van der Waals surface area contributed by atoms with Gasteiger partial charge < -0.3 is 20.7 Å². The number of hydrogen-bond acceptors (Lipinski definition) is 6. The Morgan fingerprint density at radius 2 is 1.86 bits per heavy atom. The lowest BCUT2D eigenvalue weighted by molar-refractivity contribution is -0.153. The van der Waals surface area contributed by atoms with Gasteiger partial charge in [0.2, 0.25) is 11.8 Å². The van der Waals surface area contributed by atoms with E-state index in [1.807, 2.05) is 6.92 Å². The van der Waals surface area contributed by atoms with E-state index in [0.29, 0.717) is 42.8 Å². The number of halogens is 2. The molecule has 1 unspecified atom stereocenters. The molecule has 0 radical (unpaired) electrons. The van der Waals surface area contributed by atoms with Gasteiger partial charge in [-0.1, -0.05) is 42.1 Å². The van der Waals surface area contributed by atoms with Crippen LogP contribution in [0.1, 0.15) is 44.6 Å². The van der Waals surface area contributed by atoms with Crippen molar-refractivity contribution in [2.24, 2.45) is 11.7 Å². The molecular formula is C25H36Cl2N4O4. The van der Waals surface area contributed by atoms with Crippen LogP contribution in [0.3, 0.4) is 0 Å². The van der Waals surface area contributed by atoms with Crippen LogP contribution in [0.5, 0.6) is 0 Å². The number of nitrogens with two attached hydrogens (primary N) is 1. The Morgan fingerprint density at radius 3 is 2.51 bits per heavy atom. The van der Waals surface area contributed by atoms with Crippen LogP contribution in [0.4, 0.5) is 0 Å². The lowest BCUT2D eigenvalue weighted by atomic mass is 9.83. The van der Waals surface area contributed by atoms with Crippen LogP contribution in [-0.4, -0.2) is 79.0 Å². The number of nitrogens with one attached hydrogen (secondary N) is 1. The van der Waals surface area contributed by atoms with Gasteiger partial charge in [-0.2, -0.15) is 0 Å². The third-order valence-corrected chi connectivity index (χ3v) is 7.44. The monoisotopic (exact) mass is 526 g/mol. The summed E-state index contributed by atoms with van der Waals surface area (Å²) in [6.07, 6.45) is 4.35. The number of rotatable bonds is 9. The summed E-state index contributed by atoms with van der Waals surface area (Å²) in [5, 5.41) is 3.80. The lowest BCUT2D eigenvalue weighted by Gasteiger charge is -2.44. The predicted molar refractivity (Wildman–Crippen MR) is 136 cm³/mol. The standard InChI is InChI=1S/C25H36Cl2N4O4/c1-2-35-25(34)19-5-3-4-6-22(19)30-11-13-31(14-12-30)24(33)21(29-23(32)9-10-28)15-17-7-8-18(26)16-20(17)27/h7-8,16,19,21-22H,2-6,9-15,28H2,1H3,(H,29,32)/t19-,21?,22-/m0/s1. The van der Waals surface area contributed by atoms with Crippen LogP contribution in [0.2, 0.25) is 10.0 Å². The average Bonchev–Trinajstić information content (AvgIpc) is 2.85. The highest BCUT2D eigenvalue weighted by atomic mass is 35.5. The number of hydrogen-bond donors (Lipinski definition) is 2. The summed E-state index contributed by atoms with van der Waals surface area (Å²) in [4.78, 5) is 42.4. The number of carbonyl (C=O) groups is 3. The van der Waals surface area contributed by atoms with Crippen LogP contribution < -0.4 is 11.1 Å². The zero-order chi connectivity index (χ0) is 25.4. The fraction of sp³-hybridized carbons (Fsp3) is 0.640. The summed E-state index contributed by atoms with van der Waals surface area (Å²) in [5.74, 6) is -0.639. The number of nitrogens with zero attached hydrogens (tertiary/aromatic N) is 2. The molecule has 1 saturated heterocycles. The highest BCUT2D eigenvalue weighted by Gasteiger charge is 2.38. The van der Waals surface area contributed by atoms with Crippen LogP contribution in [0, 0.1) is 5.92 Å². The second-order valence-electron chi connectivity index (χ2n) is 9.17. The fourth-order valence-corrected chi connectivity index (χ4v) is 5.56. The number of amides is 2. The molecule has 1 aliphatic heterocycles. The molecule has 1 heterocycles. The smallest absolute Gasteiger partial charge is 0.310 e. The number of benzene rings is 1. The first-order valence-corrected chi connectivity index (χ1v) is 13.2. The third kappa shape index (κ3) is 7.56. The van der Waals surface area contributed by atoms with E-state index in [1.54, 1.807) is 23.1 Å². The minimum Gasteiger partial charge on any atom is -0.466 e. The summed E-state index contributed by atoms with van der Waals surface area (Å²) in [6, 6.07) is 4.52. The maximum atomic E-state index is 13.5. The van der Waals surface area contributed by atoms with Gasteiger partial charge in [-0.3, -0.25) is 19.3 Å². The highest BCUT2D eigenvalue weighted by Crippen LogP contribution is 2.30. The SMILES string of the molecule is CCOC(=O)[C@H]1CCCC[C@@H]1N1CCN(C(=O)C(Cc2ccc(Cl)cc2Cl)NC(=O)CCN)CC1. The molecule has 0 bridgehead atoms. The largest absolute Gasteiger partial charge is 0.466 e. The van der Waals surface area contributed by atoms with E-state index in [4.69, 9.17) is 33.7 Å². The number of carbonyl (C=O) groups excluding carboxylic acids is 3. The van der Waals surface area contributed by atoms with Gasteiger partial charge in [0, 0.05) is 61.7 Å². The summed E-state index contributed by atoms with van der Waals surface area (Å²) in [5.41, 5.74) is 6.26. The van der Waals surface area contributed by atoms with Gasteiger partial charge in [0.1, 0.15) is 6.04 Å². The van der Waals surface area contributed by atoms with Gasteiger partial charge in [0.25, 0.3) is 0 Å². The normalized spacial score (nSPS) is 21.9. The van der Waals surface area contributed by atoms with E-state index in [9.17, 15) is 14.4 Å².